The van der Waals surface area contributed by atoms with Gasteiger partial charge in [0.1, 0.15) is 12.6 Å². The molecule has 236 valence electrons. The average Bonchev–Trinajstić information content (AvgIpc) is 3.04. The van der Waals surface area contributed by atoms with Crippen molar-refractivity contribution in [1.82, 2.24) is 10.2 Å². The normalized spacial score (nSPS) is 12.6. The fourth-order valence-electron chi connectivity index (χ4n) is 4.77. The van der Waals surface area contributed by atoms with Gasteiger partial charge in [-0.05, 0) is 73.4 Å². The van der Waals surface area contributed by atoms with Crippen LogP contribution in [0.5, 0.6) is 0 Å². The zero-order chi connectivity index (χ0) is 32.6. The van der Waals surface area contributed by atoms with E-state index in [1.165, 1.54) is 17.0 Å². The van der Waals surface area contributed by atoms with Gasteiger partial charge in [0, 0.05) is 28.5 Å². The molecule has 2 amide bonds. The van der Waals surface area contributed by atoms with Crippen molar-refractivity contribution >= 4 is 55.1 Å². The second kappa shape index (κ2) is 15.6. The van der Waals surface area contributed by atoms with E-state index in [0.717, 1.165) is 25.5 Å². The zero-order valence-corrected chi connectivity index (χ0v) is 28.6. The number of nitrogens with zero attached hydrogens (tertiary/aromatic N) is 2. The molecule has 0 saturated carbocycles. The largest absolute Gasteiger partial charge is 0.352 e. The highest BCUT2D eigenvalue weighted by atomic mass is 79.9. The summed E-state index contributed by atoms with van der Waals surface area (Å²) < 4.78 is 30.1. The van der Waals surface area contributed by atoms with E-state index in [9.17, 15) is 18.0 Å². The lowest BCUT2D eigenvalue weighted by molar-refractivity contribution is -0.140. The van der Waals surface area contributed by atoms with Crippen molar-refractivity contribution in [2.45, 2.75) is 57.1 Å². The molecule has 0 bridgehead atoms. The summed E-state index contributed by atoms with van der Waals surface area (Å²) in [6.07, 6.45) is 0.953. The van der Waals surface area contributed by atoms with Crippen LogP contribution in [0.1, 0.15) is 37.0 Å². The number of benzene rings is 4. The minimum Gasteiger partial charge on any atom is -0.352 e. The number of carbonyl (C=O) groups excluding carboxylic acids is 2. The van der Waals surface area contributed by atoms with Crippen molar-refractivity contribution in [3.63, 3.8) is 0 Å². The third kappa shape index (κ3) is 8.96. The van der Waals surface area contributed by atoms with Gasteiger partial charge in [-0.2, -0.15) is 0 Å². The fourth-order valence-corrected chi connectivity index (χ4v) is 6.63. The van der Waals surface area contributed by atoms with Crippen LogP contribution in [0.3, 0.4) is 0 Å². The van der Waals surface area contributed by atoms with Crippen LogP contribution in [0.15, 0.2) is 112 Å². The summed E-state index contributed by atoms with van der Waals surface area (Å²) in [7, 11) is -4.20. The molecule has 2 atom stereocenters. The van der Waals surface area contributed by atoms with Crippen molar-refractivity contribution in [2.24, 2.45) is 0 Å². The molecule has 45 heavy (non-hydrogen) atoms. The van der Waals surface area contributed by atoms with Crippen LogP contribution < -0.4 is 9.62 Å². The van der Waals surface area contributed by atoms with Gasteiger partial charge in [0.25, 0.3) is 10.0 Å². The number of hydrogen-bond acceptors (Lipinski definition) is 4. The molecule has 0 saturated heterocycles. The Morgan fingerprint density at radius 1 is 0.889 bits per heavy atom. The number of halogens is 2. The van der Waals surface area contributed by atoms with Crippen molar-refractivity contribution in [2.75, 3.05) is 10.8 Å². The van der Waals surface area contributed by atoms with Crippen molar-refractivity contribution in [3.05, 3.63) is 129 Å². The lowest BCUT2D eigenvalue weighted by Gasteiger charge is -2.34. The molecule has 7 nitrogen and oxygen atoms in total. The van der Waals surface area contributed by atoms with Crippen LogP contribution in [0.4, 0.5) is 5.69 Å². The van der Waals surface area contributed by atoms with E-state index < -0.39 is 28.5 Å². The molecule has 0 aliphatic carbocycles. The molecule has 1 N–H and O–H groups in total. The molecule has 0 unspecified atom stereocenters. The number of anilines is 1. The van der Waals surface area contributed by atoms with Crippen LogP contribution in [-0.2, 0) is 32.6 Å². The van der Waals surface area contributed by atoms with E-state index in [1.54, 1.807) is 36.4 Å². The van der Waals surface area contributed by atoms with Gasteiger partial charge < -0.3 is 10.2 Å². The van der Waals surface area contributed by atoms with Gasteiger partial charge in [0.15, 0.2) is 0 Å². The summed E-state index contributed by atoms with van der Waals surface area (Å²) in [4.78, 5) is 29.9. The van der Waals surface area contributed by atoms with Crippen LogP contribution in [0, 0.1) is 6.92 Å². The quantitative estimate of drug-likeness (QED) is 0.160. The third-order valence-electron chi connectivity index (χ3n) is 7.59. The highest BCUT2D eigenvalue weighted by Crippen LogP contribution is 2.29. The Morgan fingerprint density at radius 3 is 2.11 bits per heavy atom. The topological polar surface area (TPSA) is 86.8 Å². The van der Waals surface area contributed by atoms with Gasteiger partial charge in [-0.25, -0.2) is 8.42 Å². The predicted octanol–water partition coefficient (Wildman–Crippen LogP) is 7.16. The van der Waals surface area contributed by atoms with Gasteiger partial charge >= 0.3 is 0 Å². The summed E-state index contributed by atoms with van der Waals surface area (Å²) in [5, 5.41) is 3.42. The third-order valence-corrected chi connectivity index (χ3v) is 10.3. The van der Waals surface area contributed by atoms with Gasteiger partial charge in [-0.1, -0.05) is 101 Å². The minimum atomic E-state index is -4.20. The van der Waals surface area contributed by atoms with Crippen molar-refractivity contribution < 1.29 is 18.0 Å². The van der Waals surface area contributed by atoms with E-state index >= 15 is 0 Å². The Kier molecular flexibility index (Phi) is 11.8. The smallest absolute Gasteiger partial charge is 0.264 e. The van der Waals surface area contributed by atoms with Crippen LogP contribution in [0.2, 0.25) is 5.02 Å². The second-order valence-electron chi connectivity index (χ2n) is 10.9. The maximum atomic E-state index is 14.5. The Bertz CT molecular complexity index is 1700. The van der Waals surface area contributed by atoms with Gasteiger partial charge in [-0.15, -0.1) is 0 Å². The SMILES string of the molecule is CC[C@@H](C)NC(=O)[C@@H](Cc1ccccc1)N(Cc1ccc(Br)cc1)C(=O)CN(c1ccc(C)c(Cl)c1)S(=O)(=O)c1ccccc1. The summed E-state index contributed by atoms with van der Waals surface area (Å²) in [6.45, 7) is 5.24. The molecule has 0 aliphatic rings. The maximum absolute atomic E-state index is 14.5. The van der Waals surface area contributed by atoms with Crippen LogP contribution >= 0.6 is 27.5 Å². The molecule has 0 aliphatic heterocycles. The van der Waals surface area contributed by atoms with E-state index in [0.29, 0.717) is 11.4 Å². The molecule has 0 fully saturated rings. The molecule has 10 heteroatoms. The molecule has 0 heterocycles. The Morgan fingerprint density at radius 2 is 1.51 bits per heavy atom. The number of sulfonamides is 1. The maximum Gasteiger partial charge on any atom is 0.264 e. The second-order valence-corrected chi connectivity index (χ2v) is 14.1. The number of nitrogens with one attached hydrogen (secondary N) is 1. The fraction of sp³-hybridized carbons (Fsp3) is 0.257. The number of hydrogen-bond donors (Lipinski definition) is 1. The molecule has 0 radical (unpaired) electrons. The van der Waals surface area contributed by atoms with E-state index in [-0.39, 0.29) is 35.5 Å². The van der Waals surface area contributed by atoms with Gasteiger partial charge in [0.05, 0.1) is 10.6 Å². The van der Waals surface area contributed by atoms with Crippen molar-refractivity contribution in [3.8, 4) is 0 Å². The van der Waals surface area contributed by atoms with Gasteiger partial charge in [0.2, 0.25) is 11.8 Å². The molecular formula is C35H37BrClN3O4S. The van der Waals surface area contributed by atoms with Crippen molar-refractivity contribution in [1.29, 1.82) is 0 Å². The standard InChI is InChI=1S/C35H37BrClN3O4S/c1-4-26(3)38-35(42)33(21-27-11-7-5-8-12-27)39(23-28-16-18-29(36)19-17-28)34(41)24-40(30-20-15-25(2)32(37)22-30)45(43,44)31-13-9-6-10-14-31/h5-20,22,26,33H,4,21,23-24H2,1-3H3,(H,38,42)/t26-,33-/m1/s1. The first-order valence-corrected chi connectivity index (χ1v) is 17.3. The Labute approximate surface area is 279 Å². The first-order valence-electron chi connectivity index (χ1n) is 14.7. The molecule has 0 spiro atoms. The molecule has 4 aromatic carbocycles. The molecular weight excluding hydrogens is 674 g/mol. The zero-order valence-electron chi connectivity index (χ0n) is 25.5. The predicted molar refractivity (Wildman–Crippen MR) is 184 cm³/mol. The van der Waals surface area contributed by atoms with E-state index in [4.69, 9.17) is 11.6 Å². The summed E-state index contributed by atoms with van der Waals surface area (Å²) in [5.41, 5.74) is 2.67. The summed E-state index contributed by atoms with van der Waals surface area (Å²) >= 11 is 9.90. The van der Waals surface area contributed by atoms with Crippen LogP contribution in [0.25, 0.3) is 0 Å². The number of rotatable bonds is 13. The first-order chi connectivity index (χ1) is 21.5. The number of carbonyl (C=O) groups is 2. The Hall–Kier alpha value is -3.66. The van der Waals surface area contributed by atoms with E-state index in [1.807, 2.05) is 75.4 Å². The summed E-state index contributed by atoms with van der Waals surface area (Å²) in [6, 6.07) is 28.8. The minimum absolute atomic E-state index is 0.0318. The number of amides is 2. The lowest BCUT2D eigenvalue weighted by Crippen LogP contribution is -2.54. The summed E-state index contributed by atoms with van der Waals surface area (Å²) in [5.74, 6) is -0.844. The van der Waals surface area contributed by atoms with Crippen LogP contribution in [-0.4, -0.2) is 43.8 Å². The first kappa shape index (κ1) is 34.2. The number of aryl methyl sites for hydroxylation is 1. The van der Waals surface area contributed by atoms with E-state index in [2.05, 4.69) is 21.2 Å². The molecule has 4 rings (SSSR count). The lowest BCUT2D eigenvalue weighted by atomic mass is 10.0. The highest BCUT2D eigenvalue weighted by Gasteiger charge is 2.35. The Balaban J connectivity index is 1.81. The molecule has 0 aromatic heterocycles. The average molecular weight is 711 g/mol. The van der Waals surface area contributed by atoms with Gasteiger partial charge in [-0.3, -0.25) is 13.9 Å². The highest BCUT2D eigenvalue weighted by molar-refractivity contribution is 9.10. The molecule has 4 aromatic rings. The monoisotopic (exact) mass is 709 g/mol.